The second-order valence-electron chi connectivity index (χ2n) is 2.44. The van der Waals surface area contributed by atoms with Crippen molar-refractivity contribution in [1.29, 1.82) is 0 Å². The normalized spacial score (nSPS) is 13.7. The summed E-state index contributed by atoms with van der Waals surface area (Å²) in [6.07, 6.45) is 4.02. The Kier molecular flexibility index (Phi) is 6.06. The Balaban J connectivity index is 2.88. The third-order valence-corrected chi connectivity index (χ3v) is 1.48. The molecule has 0 spiro atoms. The third-order valence-electron chi connectivity index (χ3n) is 1.48. The van der Waals surface area contributed by atoms with Crippen molar-refractivity contribution in [3.63, 3.8) is 0 Å². The number of hydrogen-bond donors (Lipinski definition) is 0. The molecule has 0 rings (SSSR count). The van der Waals surface area contributed by atoms with Gasteiger partial charge in [0, 0.05) is 6.61 Å². The maximum absolute atomic E-state index is 5.43. The van der Waals surface area contributed by atoms with Crippen LogP contribution in [0.3, 0.4) is 0 Å². The molecule has 56 valence electrons. The summed E-state index contributed by atoms with van der Waals surface area (Å²) >= 11 is 0. The molecule has 0 aliphatic rings. The Morgan fingerprint density at radius 1 is 1.33 bits per heavy atom. The van der Waals surface area contributed by atoms with Crippen LogP contribution in [0.5, 0.6) is 0 Å². The predicted octanol–water partition coefficient (Wildman–Crippen LogP) is 2.60. The quantitative estimate of drug-likeness (QED) is 0.520. The highest BCUT2D eigenvalue weighted by Crippen LogP contribution is 1.97. The van der Waals surface area contributed by atoms with Crippen molar-refractivity contribution in [3.8, 4) is 0 Å². The molecule has 0 fully saturated rings. The first-order chi connectivity index (χ1) is 4.31. The fourth-order valence-electron chi connectivity index (χ4n) is 0.547. The first-order valence-corrected chi connectivity index (χ1v) is 3.92. The molecule has 1 unspecified atom stereocenters. The molecular weight excluding hydrogens is 112 g/mol. The van der Waals surface area contributed by atoms with Crippen LogP contribution in [0.1, 0.15) is 40.0 Å². The zero-order chi connectivity index (χ0) is 7.11. The van der Waals surface area contributed by atoms with Crippen LogP contribution in [0.2, 0.25) is 0 Å². The van der Waals surface area contributed by atoms with Crippen LogP contribution < -0.4 is 0 Å². The van der Waals surface area contributed by atoms with E-state index in [4.69, 9.17) is 4.74 Å². The fraction of sp³-hybridized carbons (Fsp3) is 1.00. The van der Waals surface area contributed by atoms with Crippen molar-refractivity contribution in [2.75, 3.05) is 6.61 Å². The standard InChI is InChI=1S/C8H18O/c1-4-6-7-9-8(3)5-2/h8H,4-7H2,1-3H3. The van der Waals surface area contributed by atoms with Crippen LogP contribution in [0, 0.1) is 0 Å². The summed E-state index contributed by atoms with van der Waals surface area (Å²) in [7, 11) is 0. The molecular formula is C8H18O. The summed E-state index contributed by atoms with van der Waals surface area (Å²) in [6.45, 7) is 7.39. The van der Waals surface area contributed by atoms with E-state index in [2.05, 4.69) is 20.8 Å². The molecule has 0 aromatic rings. The van der Waals surface area contributed by atoms with Gasteiger partial charge in [0.15, 0.2) is 0 Å². The van der Waals surface area contributed by atoms with Crippen molar-refractivity contribution in [2.45, 2.75) is 46.1 Å². The van der Waals surface area contributed by atoms with E-state index < -0.39 is 0 Å². The van der Waals surface area contributed by atoms with E-state index in [1.165, 1.54) is 12.8 Å². The van der Waals surface area contributed by atoms with E-state index in [-0.39, 0.29) is 0 Å². The summed E-state index contributed by atoms with van der Waals surface area (Å²) < 4.78 is 5.43. The van der Waals surface area contributed by atoms with E-state index in [9.17, 15) is 0 Å². The predicted molar refractivity (Wildman–Crippen MR) is 40.6 cm³/mol. The molecule has 0 aromatic carbocycles. The van der Waals surface area contributed by atoms with E-state index in [0.29, 0.717) is 6.10 Å². The van der Waals surface area contributed by atoms with Gasteiger partial charge in [0.2, 0.25) is 0 Å². The van der Waals surface area contributed by atoms with Crippen molar-refractivity contribution in [2.24, 2.45) is 0 Å². The second-order valence-corrected chi connectivity index (χ2v) is 2.44. The molecule has 0 aromatic heterocycles. The highest BCUT2D eigenvalue weighted by atomic mass is 16.5. The smallest absolute Gasteiger partial charge is 0.0544 e. The zero-order valence-corrected chi connectivity index (χ0v) is 6.81. The topological polar surface area (TPSA) is 9.23 Å². The lowest BCUT2D eigenvalue weighted by Crippen LogP contribution is -2.06. The van der Waals surface area contributed by atoms with Crippen LogP contribution in [-0.2, 0) is 4.74 Å². The van der Waals surface area contributed by atoms with Crippen LogP contribution in [0.4, 0.5) is 0 Å². The number of hydrogen-bond acceptors (Lipinski definition) is 1. The molecule has 0 aliphatic carbocycles. The minimum Gasteiger partial charge on any atom is -0.379 e. The van der Waals surface area contributed by atoms with Gasteiger partial charge in [0.05, 0.1) is 6.10 Å². The van der Waals surface area contributed by atoms with Crippen molar-refractivity contribution >= 4 is 0 Å². The molecule has 0 N–H and O–H groups in total. The van der Waals surface area contributed by atoms with Gasteiger partial charge in [-0.25, -0.2) is 0 Å². The minimum atomic E-state index is 0.455. The molecule has 9 heavy (non-hydrogen) atoms. The van der Waals surface area contributed by atoms with Gasteiger partial charge >= 0.3 is 0 Å². The first kappa shape index (κ1) is 8.96. The van der Waals surface area contributed by atoms with Crippen LogP contribution >= 0.6 is 0 Å². The van der Waals surface area contributed by atoms with Crippen molar-refractivity contribution in [1.82, 2.24) is 0 Å². The average molecular weight is 130 g/mol. The number of ether oxygens (including phenoxy) is 1. The summed E-state index contributed by atoms with van der Waals surface area (Å²) in [5.41, 5.74) is 0. The Morgan fingerprint density at radius 3 is 2.44 bits per heavy atom. The van der Waals surface area contributed by atoms with Gasteiger partial charge in [0.25, 0.3) is 0 Å². The summed E-state index contributed by atoms with van der Waals surface area (Å²) in [5.74, 6) is 0. The Hall–Kier alpha value is -0.0400. The average Bonchev–Trinajstić information content (AvgIpc) is 1.89. The maximum atomic E-state index is 5.43. The van der Waals surface area contributed by atoms with Gasteiger partial charge in [-0.2, -0.15) is 0 Å². The molecule has 0 radical (unpaired) electrons. The molecule has 1 atom stereocenters. The molecule has 1 nitrogen and oxygen atoms in total. The van der Waals surface area contributed by atoms with Crippen molar-refractivity contribution < 1.29 is 4.74 Å². The third kappa shape index (κ3) is 5.84. The van der Waals surface area contributed by atoms with Gasteiger partial charge in [-0.15, -0.1) is 0 Å². The van der Waals surface area contributed by atoms with Crippen LogP contribution in [0.15, 0.2) is 0 Å². The van der Waals surface area contributed by atoms with Crippen LogP contribution in [0.25, 0.3) is 0 Å². The molecule has 0 amide bonds. The second kappa shape index (κ2) is 6.09. The molecule has 0 heterocycles. The highest BCUT2D eigenvalue weighted by molar-refractivity contribution is 4.43. The zero-order valence-electron chi connectivity index (χ0n) is 6.81. The van der Waals surface area contributed by atoms with Crippen molar-refractivity contribution in [3.05, 3.63) is 0 Å². The van der Waals surface area contributed by atoms with Crippen LogP contribution in [-0.4, -0.2) is 12.7 Å². The summed E-state index contributed by atoms with van der Waals surface area (Å²) in [4.78, 5) is 0. The Labute approximate surface area is 58.4 Å². The Bertz CT molecular complexity index is 52.5. The van der Waals surface area contributed by atoms with E-state index in [1.54, 1.807) is 0 Å². The van der Waals surface area contributed by atoms with Gasteiger partial charge < -0.3 is 4.74 Å². The number of unbranched alkanes of at least 4 members (excludes halogenated alkanes) is 1. The lowest BCUT2D eigenvalue weighted by Gasteiger charge is -2.08. The largest absolute Gasteiger partial charge is 0.379 e. The maximum Gasteiger partial charge on any atom is 0.0544 e. The summed E-state index contributed by atoms with van der Waals surface area (Å²) in [6, 6.07) is 0. The van der Waals surface area contributed by atoms with E-state index in [0.717, 1.165) is 13.0 Å². The van der Waals surface area contributed by atoms with Gasteiger partial charge in [-0.05, 0) is 19.8 Å². The lowest BCUT2D eigenvalue weighted by atomic mass is 10.3. The molecule has 0 bridgehead atoms. The SMILES string of the molecule is CCCCOC(C)CC. The fourth-order valence-corrected chi connectivity index (χ4v) is 0.547. The summed E-state index contributed by atoms with van der Waals surface area (Å²) in [5, 5.41) is 0. The highest BCUT2D eigenvalue weighted by Gasteiger charge is 1.94. The van der Waals surface area contributed by atoms with Gasteiger partial charge in [0.1, 0.15) is 0 Å². The molecule has 0 saturated heterocycles. The first-order valence-electron chi connectivity index (χ1n) is 3.92. The van der Waals surface area contributed by atoms with Gasteiger partial charge in [-0.1, -0.05) is 20.3 Å². The monoisotopic (exact) mass is 130 g/mol. The van der Waals surface area contributed by atoms with Gasteiger partial charge in [-0.3, -0.25) is 0 Å². The molecule has 1 heteroatoms. The molecule has 0 saturated carbocycles. The Morgan fingerprint density at radius 2 is 2.00 bits per heavy atom. The minimum absolute atomic E-state index is 0.455. The van der Waals surface area contributed by atoms with E-state index in [1.807, 2.05) is 0 Å². The van der Waals surface area contributed by atoms with E-state index >= 15 is 0 Å². The molecule has 0 aliphatic heterocycles. The lowest BCUT2D eigenvalue weighted by molar-refractivity contribution is 0.0617. The number of rotatable bonds is 5.